The van der Waals surface area contributed by atoms with Gasteiger partial charge in [-0.2, -0.15) is 0 Å². The Morgan fingerprint density at radius 3 is 2.33 bits per heavy atom. The molecule has 2 atom stereocenters. The number of aliphatic hydroxyl groups is 1. The number of aliphatic hydroxyl groups excluding tert-OH is 1. The fraction of sp³-hybridized carbons (Fsp3) is 0.462. The van der Waals surface area contributed by atoms with Crippen molar-refractivity contribution in [1.29, 1.82) is 0 Å². The van der Waals surface area contributed by atoms with Crippen molar-refractivity contribution in [2.45, 2.75) is 26.4 Å². The van der Waals surface area contributed by atoms with Crippen molar-refractivity contribution in [2.75, 3.05) is 6.61 Å². The highest BCUT2D eigenvalue weighted by atomic mass is 35.5. The minimum absolute atomic E-state index is 0. The Balaban J connectivity index is 0.00000289. The van der Waals surface area contributed by atoms with Crippen molar-refractivity contribution in [3.8, 4) is 0 Å². The highest BCUT2D eigenvalue weighted by molar-refractivity contribution is 5.94. The molecule has 1 aromatic carbocycles. The minimum atomic E-state index is -0.124. The zero-order chi connectivity index (χ0) is 12.8. The molecule has 102 valence electrons. The van der Waals surface area contributed by atoms with E-state index in [-0.39, 0.29) is 36.9 Å². The van der Waals surface area contributed by atoms with Gasteiger partial charge in [0.1, 0.15) is 0 Å². The van der Waals surface area contributed by atoms with Crippen molar-refractivity contribution in [1.82, 2.24) is 5.32 Å². The largest absolute Gasteiger partial charge is 0.396 e. The number of nitrogens with two attached hydrogens (primary N) is 1. The lowest BCUT2D eigenvalue weighted by Gasteiger charge is -2.19. The van der Waals surface area contributed by atoms with E-state index < -0.39 is 0 Å². The average Bonchev–Trinajstić information content (AvgIpc) is 2.37. The maximum absolute atomic E-state index is 11.9. The summed E-state index contributed by atoms with van der Waals surface area (Å²) in [6.45, 7) is 4.31. The fourth-order valence-corrected chi connectivity index (χ4v) is 1.38. The van der Waals surface area contributed by atoms with Crippen LogP contribution in [-0.4, -0.2) is 23.7 Å². The molecule has 0 radical (unpaired) electrons. The van der Waals surface area contributed by atoms with E-state index in [1.54, 1.807) is 12.1 Å². The van der Waals surface area contributed by atoms with Gasteiger partial charge in [-0.25, -0.2) is 0 Å². The Labute approximate surface area is 114 Å². The van der Waals surface area contributed by atoms with Crippen molar-refractivity contribution in [3.05, 3.63) is 35.4 Å². The predicted octanol–water partition coefficient (Wildman–Crippen LogP) is 1.31. The Morgan fingerprint density at radius 2 is 1.89 bits per heavy atom. The summed E-state index contributed by atoms with van der Waals surface area (Å²) in [5.41, 5.74) is 7.09. The summed E-state index contributed by atoms with van der Waals surface area (Å²) in [6.07, 6.45) is 0. The molecule has 0 aliphatic rings. The van der Waals surface area contributed by atoms with E-state index in [2.05, 4.69) is 5.32 Å². The number of rotatable bonds is 5. The van der Waals surface area contributed by atoms with Gasteiger partial charge >= 0.3 is 0 Å². The molecule has 0 saturated carbocycles. The number of hydrogen-bond donors (Lipinski definition) is 3. The lowest BCUT2D eigenvalue weighted by molar-refractivity contribution is 0.0916. The van der Waals surface area contributed by atoms with Crippen molar-refractivity contribution < 1.29 is 9.90 Å². The van der Waals surface area contributed by atoms with Crippen LogP contribution in [-0.2, 0) is 6.54 Å². The molecule has 0 bridgehead atoms. The third-order valence-electron chi connectivity index (χ3n) is 2.95. The number of hydrogen-bond acceptors (Lipinski definition) is 3. The van der Waals surface area contributed by atoms with E-state index in [0.29, 0.717) is 12.1 Å². The van der Waals surface area contributed by atoms with Gasteiger partial charge in [0.2, 0.25) is 0 Å². The molecular formula is C13H21ClN2O2. The number of benzene rings is 1. The molecule has 4 nitrogen and oxygen atoms in total. The van der Waals surface area contributed by atoms with Crippen molar-refractivity contribution in [3.63, 3.8) is 0 Å². The predicted molar refractivity (Wildman–Crippen MR) is 74.8 cm³/mol. The second-order valence-electron chi connectivity index (χ2n) is 4.32. The normalized spacial score (nSPS) is 13.3. The van der Waals surface area contributed by atoms with Crippen molar-refractivity contribution in [2.24, 2.45) is 11.7 Å². The molecule has 1 aromatic rings. The lowest BCUT2D eigenvalue weighted by Crippen LogP contribution is -2.38. The third-order valence-corrected chi connectivity index (χ3v) is 2.95. The van der Waals surface area contributed by atoms with E-state index in [1.807, 2.05) is 26.0 Å². The Kier molecular flexibility index (Phi) is 7.59. The van der Waals surface area contributed by atoms with Gasteiger partial charge in [0.25, 0.3) is 5.91 Å². The maximum atomic E-state index is 11.9. The van der Waals surface area contributed by atoms with Crippen LogP contribution in [0.5, 0.6) is 0 Å². The van der Waals surface area contributed by atoms with Crippen LogP contribution in [0.1, 0.15) is 29.8 Å². The van der Waals surface area contributed by atoms with Crippen LogP contribution >= 0.6 is 12.4 Å². The molecule has 1 rings (SSSR count). The molecule has 0 fully saturated rings. The lowest BCUT2D eigenvalue weighted by atomic mass is 10.0. The SMILES string of the molecule is CC(CO)C(C)NC(=O)c1ccc(CN)cc1.Cl. The molecular weight excluding hydrogens is 252 g/mol. The third kappa shape index (κ3) is 4.64. The van der Waals surface area contributed by atoms with Gasteiger partial charge in [0, 0.05) is 24.8 Å². The molecule has 0 saturated heterocycles. The van der Waals surface area contributed by atoms with Crippen LogP contribution in [0.25, 0.3) is 0 Å². The molecule has 0 aliphatic carbocycles. The molecule has 5 heteroatoms. The summed E-state index contributed by atoms with van der Waals surface area (Å²) >= 11 is 0. The summed E-state index contributed by atoms with van der Waals surface area (Å²) in [6, 6.07) is 7.15. The van der Waals surface area contributed by atoms with E-state index in [4.69, 9.17) is 10.8 Å². The van der Waals surface area contributed by atoms with Gasteiger partial charge in [0.05, 0.1) is 0 Å². The van der Waals surface area contributed by atoms with E-state index >= 15 is 0 Å². The quantitative estimate of drug-likeness (QED) is 0.757. The summed E-state index contributed by atoms with van der Waals surface area (Å²) in [5, 5.41) is 11.8. The fourth-order valence-electron chi connectivity index (χ4n) is 1.38. The molecule has 2 unspecified atom stereocenters. The van der Waals surface area contributed by atoms with Crippen LogP contribution in [0, 0.1) is 5.92 Å². The first-order chi connectivity index (χ1) is 8.08. The van der Waals surface area contributed by atoms with Gasteiger partial charge in [-0.05, 0) is 30.5 Å². The monoisotopic (exact) mass is 272 g/mol. The van der Waals surface area contributed by atoms with Gasteiger partial charge in [-0.15, -0.1) is 12.4 Å². The van der Waals surface area contributed by atoms with Crippen LogP contribution in [0.15, 0.2) is 24.3 Å². The van der Waals surface area contributed by atoms with Gasteiger partial charge < -0.3 is 16.2 Å². The summed E-state index contributed by atoms with van der Waals surface area (Å²) in [5.74, 6) is -0.0800. The summed E-state index contributed by atoms with van der Waals surface area (Å²) < 4.78 is 0. The second kappa shape index (κ2) is 8.08. The first-order valence-electron chi connectivity index (χ1n) is 5.79. The van der Waals surface area contributed by atoms with Crippen molar-refractivity contribution >= 4 is 18.3 Å². The minimum Gasteiger partial charge on any atom is -0.396 e. The Hall–Kier alpha value is -1.10. The van der Waals surface area contributed by atoms with Crippen LogP contribution in [0.4, 0.5) is 0 Å². The number of amides is 1. The van der Waals surface area contributed by atoms with Gasteiger partial charge in [-0.1, -0.05) is 19.1 Å². The number of halogens is 1. The number of nitrogens with one attached hydrogen (secondary N) is 1. The molecule has 4 N–H and O–H groups in total. The molecule has 0 spiro atoms. The first-order valence-corrected chi connectivity index (χ1v) is 5.79. The molecule has 1 amide bonds. The van der Waals surface area contributed by atoms with Crippen LogP contribution in [0.2, 0.25) is 0 Å². The smallest absolute Gasteiger partial charge is 0.251 e. The van der Waals surface area contributed by atoms with Gasteiger partial charge in [0.15, 0.2) is 0 Å². The highest BCUT2D eigenvalue weighted by Gasteiger charge is 2.14. The maximum Gasteiger partial charge on any atom is 0.251 e. The zero-order valence-corrected chi connectivity index (χ0v) is 11.5. The standard InChI is InChI=1S/C13H20N2O2.ClH/c1-9(8-16)10(2)15-13(17)12-5-3-11(7-14)4-6-12;/h3-6,9-10,16H,7-8,14H2,1-2H3,(H,15,17);1H. The summed E-state index contributed by atoms with van der Waals surface area (Å²) in [7, 11) is 0. The highest BCUT2D eigenvalue weighted by Crippen LogP contribution is 2.06. The molecule has 0 heterocycles. The second-order valence-corrected chi connectivity index (χ2v) is 4.32. The molecule has 18 heavy (non-hydrogen) atoms. The zero-order valence-electron chi connectivity index (χ0n) is 10.7. The van der Waals surface area contributed by atoms with Gasteiger partial charge in [-0.3, -0.25) is 4.79 Å². The summed E-state index contributed by atoms with van der Waals surface area (Å²) in [4.78, 5) is 11.9. The van der Waals surface area contributed by atoms with E-state index in [0.717, 1.165) is 5.56 Å². The van der Waals surface area contributed by atoms with E-state index in [9.17, 15) is 4.79 Å². The Morgan fingerprint density at radius 1 is 1.33 bits per heavy atom. The van der Waals surface area contributed by atoms with Crippen LogP contribution < -0.4 is 11.1 Å². The first kappa shape index (κ1) is 16.9. The average molecular weight is 273 g/mol. The topological polar surface area (TPSA) is 75.3 Å². The Bertz CT molecular complexity index is 368. The van der Waals surface area contributed by atoms with E-state index in [1.165, 1.54) is 0 Å². The molecule has 0 aliphatic heterocycles. The molecule has 0 aromatic heterocycles. The van der Waals surface area contributed by atoms with Crippen LogP contribution in [0.3, 0.4) is 0 Å². The number of carbonyl (C=O) groups is 1. The number of carbonyl (C=O) groups excluding carboxylic acids is 1.